The minimum absolute atomic E-state index is 0.0929. The van der Waals surface area contributed by atoms with Gasteiger partial charge in [0.05, 0.1) is 11.6 Å². The van der Waals surface area contributed by atoms with Crippen molar-refractivity contribution in [1.82, 2.24) is 5.16 Å². The maximum atomic E-state index is 13.3. The van der Waals surface area contributed by atoms with Gasteiger partial charge in [0.15, 0.2) is 0 Å². The number of benzene rings is 2. The number of Topliss-reactive ketones (excluding diaryl/α,β-unsaturated/α-hetero) is 1. The molecule has 1 amide bonds. The lowest BCUT2D eigenvalue weighted by Crippen LogP contribution is -2.40. The number of amides is 1. The summed E-state index contributed by atoms with van der Waals surface area (Å²) in [6.07, 6.45) is 6.52. The van der Waals surface area contributed by atoms with Crippen LogP contribution in [0.1, 0.15) is 37.7 Å². The number of ketones is 1. The highest BCUT2D eigenvalue weighted by atomic mass is 16.5. The Labute approximate surface area is 191 Å². The van der Waals surface area contributed by atoms with Crippen LogP contribution in [0, 0.1) is 5.92 Å². The number of hydrogen-bond donors (Lipinski definition) is 2. The summed E-state index contributed by atoms with van der Waals surface area (Å²) >= 11 is 0. The summed E-state index contributed by atoms with van der Waals surface area (Å²) in [7, 11) is 0. The molecule has 0 radical (unpaired) electrons. The van der Waals surface area contributed by atoms with E-state index in [1.807, 2.05) is 24.3 Å². The Kier molecular flexibility index (Phi) is 5.46. The van der Waals surface area contributed by atoms with Crippen molar-refractivity contribution in [2.75, 3.05) is 10.6 Å². The van der Waals surface area contributed by atoms with Gasteiger partial charge < -0.3 is 15.4 Å². The molecule has 1 aliphatic carbocycles. The zero-order valence-electron chi connectivity index (χ0n) is 18.1. The Morgan fingerprint density at radius 1 is 0.970 bits per heavy atom. The molecule has 1 saturated heterocycles. The van der Waals surface area contributed by atoms with Crippen LogP contribution in [0.2, 0.25) is 0 Å². The molecule has 2 aliphatic rings. The van der Waals surface area contributed by atoms with Gasteiger partial charge in [0.25, 0.3) is 11.7 Å². The normalized spacial score (nSPS) is 21.0. The van der Waals surface area contributed by atoms with Crippen LogP contribution in [0.25, 0.3) is 17.0 Å². The molecule has 2 aromatic carbocycles. The fourth-order valence-electron chi connectivity index (χ4n) is 4.99. The molecule has 2 heterocycles. The van der Waals surface area contributed by atoms with Gasteiger partial charge in [-0.1, -0.05) is 36.6 Å². The van der Waals surface area contributed by atoms with Crippen LogP contribution < -0.4 is 10.6 Å². The zero-order chi connectivity index (χ0) is 22.9. The molecule has 1 unspecified atom stereocenters. The van der Waals surface area contributed by atoms with Crippen molar-refractivity contribution in [1.29, 1.82) is 0 Å². The minimum atomic E-state index is -0.652. The lowest BCUT2D eigenvalue weighted by molar-refractivity contribution is -0.132. The maximum Gasteiger partial charge on any atom is 0.299 e. The van der Waals surface area contributed by atoms with Gasteiger partial charge in [-0.05, 0) is 55.2 Å². The Hall–Kier alpha value is -3.87. The molecule has 1 aromatic heterocycles. The number of aliphatic hydroxyl groups is 1. The molecule has 1 atom stereocenters. The van der Waals surface area contributed by atoms with Crippen LogP contribution in [0.5, 0.6) is 0 Å². The van der Waals surface area contributed by atoms with Crippen LogP contribution in [0.15, 0.2) is 71.0 Å². The molecule has 7 heteroatoms. The molecule has 3 aromatic rings. The monoisotopic (exact) mass is 443 g/mol. The number of nitrogens with zero attached hydrogens (tertiary/aromatic N) is 2. The van der Waals surface area contributed by atoms with Gasteiger partial charge in [-0.15, -0.1) is 0 Å². The van der Waals surface area contributed by atoms with E-state index >= 15 is 0 Å². The van der Waals surface area contributed by atoms with Crippen molar-refractivity contribution in [2.45, 2.75) is 38.1 Å². The van der Waals surface area contributed by atoms with E-state index in [1.165, 1.54) is 6.26 Å². The summed E-state index contributed by atoms with van der Waals surface area (Å²) in [5, 5.41) is 15.1. The summed E-state index contributed by atoms with van der Waals surface area (Å²) in [6, 6.07) is 15.3. The third kappa shape index (κ3) is 3.80. The van der Waals surface area contributed by atoms with Crippen LogP contribution >= 0.6 is 0 Å². The second kappa shape index (κ2) is 8.58. The number of carbonyl (C=O) groups excluding carboxylic acids is 2. The first kappa shape index (κ1) is 21.0. The SMILES string of the molecule is Nc1ccc(/C(O)=C2/C(=O)C(=O)N(c3ccc(-c4ccon4)cc3)C2C2CCCCC2)cc1. The van der Waals surface area contributed by atoms with E-state index in [-0.39, 0.29) is 17.3 Å². The molecule has 7 nitrogen and oxygen atoms in total. The summed E-state index contributed by atoms with van der Waals surface area (Å²) in [5.41, 5.74) is 9.15. The van der Waals surface area contributed by atoms with Crippen LogP contribution in [0.4, 0.5) is 11.4 Å². The Balaban J connectivity index is 1.59. The topological polar surface area (TPSA) is 110 Å². The number of aliphatic hydroxyl groups excluding tert-OH is 1. The molecule has 168 valence electrons. The number of aromatic nitrogens is 1. The predicted molar refractivity (Wildman–Crippen MR) is 125 cm³/mol. The highest BCUT2D eigenvalue weighted by Crippen LogP contribution is 2.41. The maximum absolute atomic E-state index is 13.3. The van der Waals surface area contributed by atoms with E-state index in [4.69, 9.17) is 10.3 Å². The van der Waals surface area contributed by atoms with Crippen molar-refractivity contribution < 1.29 is 19.2 Å². The Morgan fingerprint density at radius 2 is 1.67 bits per heavy atom. The first-order valence-corrected chi connectivity index (χ1v) is 11.2. The summed E-state index contributed by atoms with van der Waals surface area (Å²) in [4.78, 5) is 28.0. The molecule has 1 saturated carbocycles. The first-order chi connectivity index (χ1) is 16.0. The molecular weight excluding hydrogens is 418 g/mol. The second-order valence-corrected chi connectivity index (χ2v) is 8.66. The summed E-state index contributed by atoms with van der Waals surface area (Å²) < 4.78 is 4.92. The van der Waals surface area contributed by atoms with Gasteiger partial charge in [0, 0.05) is 28.6 Å². The highest BCUT2D eigenvalue weighted by Gasteiger charge is 2.49. The van der Waals surface area contributed by atoms with E-state index in [0.717, 1.165) is 37.7 Å². The number of anilines is 2. The lowest BCUT2D eigenvalue weighted by atomic mass is 9.80. The highest BCUT2D eigenvalue weighted by molar-refractivity contribution is 6.51. The van der Waals surface area contributed by atoms with Gasteiger partial charge in [-0.25, -0.2) is 0 Å². The smallest absolute Gasteiger partial charge is 0.299 e. The van der Waals surface area contributed by atoms with E-state index in [9.17, 15) is 14.7 Å². The second-order valence-electron chi connectivity index (χ2n) is 8.66. The number of nitrogen functional groups attached to an aromatic ring is 1. The van der Waals surface area contributed by atoms with Gasteiger partial charge in [-0.3, -0.25) is 14.5 Å². The molecule has 5 rings (SSSR count). The molecule has 2 fully saturated rings. The van der Waals surface area contributed by atoms with Crippen molar-refractivity contribution in [3.63, 3.8) is 0 Å². The third-order valence-electron chi connectivity index (χ3n) is 6.65. The van der Waals surface area contributed by atoms with E-state index < -0.39 is 17.7 Å². The molecule has 33 heavy (non-hydrogen) atoms. The quantitative estimate of drug-likeness (QED) is 0.260. The van der Waals surface area contributed by atoms with Crippen molar-refractivity contribution in [3.8, 4) is 11.3 Å². The van der Waals surface area contributed by atoms with Crippen LogP contribution in [-0.2, 0) is 9.59 Å². The number of hydrogen-bond acceptors (Lipinski definition) is 6. The van der Waals surface area contributed by atoms with Gasteiger partial charge in [0.1, 0.15) is 17.7 Å². The van der Waals surface area contributed by atoms with Crippen LogP contribution in [0.3, 0.4) is 0 Å². The average molecular weight is 444 g/mol. The van der Waals surface area contributed by atoms with Crippen molar-refractivity contribution in [3.05, 3.63) is 72.0 Å². The van der Waals surface area contributed by atoms with Crippen LogP contribution in [-0.4, -0.2) is 28.0 Å². The Bertz CT molecular complexity index is 1190. The van der Waals surface area contributed by atoms with E-state index in [0.29, 0.717) is 22.6 Å². The fraction of sp³-hybridized carbons (Fsp3) is 0.269. The van der Waals surface area contributed by atoms with Crippen molar-refractivity contribution >= 4 is 28.8 Å². The van der Waals surface area contributed by atoms with E-state index in [1.54, 1.807) is 35.2 Å². The standard InChI is InChI=1S/C26H25N3O4/c27-19-10-6-18(7-11-19)24(30)22-23(17-4-2-1-3-5-17)29(26(32)25(22)31)20-12-8-16(9-13-20)21-14-15-33-28-21/h6-15,17,23,30H,1-5,27H2/b24-22-. The molecule has 0 spiro atoms. The lowest BCUT2D eigenvalue weighted by Gasteiger charge is -2.34. The zero-order valence-corrected chi connectivity index (χ0v) is 18.1. The third-order valence-corrected chi connectivity index (χ3v) is 6.65. The van der Waals surface area contributed by atoms with E-state index in [2.05, 4.69) is 5.16 Å². The van der Waals surface area contributed by atoms with Gasteiger partial charge >= 0.3 is 0 Å². The Morgan fingerprint density at radius 3 is 2.30 bits per heavy atom. The fourth-order valence-corrected chi connectivity index (χ4v) is 4.99. The minimum Gasteiger partial charge on any atom is -0.507 e. The largest absolute Gasteiger partial charge is 0.507 e. The van der Waals surface area contributed by atoms with Crippen molar-refractivity contribution in [2.24, 2.45) is 5.92 Å². The molecular formula is C26H25N3O4. The number of rotatable bonds is 4. The average Bonchev–Trinajstić information content (AvgIpc) is 3.47. The molecule has 1 aliphatic heterocycles. The summed E-state index contributed by atoms with van der Waals surface area (Å²) in [6.45, 7) is 0. The first-order valence-electron chi connectivity index (χ1n) is 11.2. The summed E-state index contributed by atoms with van der Waals surface area (Å²) in [5.74, 6) is -1.32. The molecule has 0 bridgehead atoms. The number of nitrogens with two attached hydrogens (primary N) is 1. The number of carbonyl (C=O) groups is 2. The predicted octanol–water partition coefficient (Wildman–Crippen LogP) is 4.76. The van der Waals surface area contributed by atoms with Gasteiger partial charge in [-0.2, -0.15) is 0 Å². The van der Waals surface area contributed by atoms with Gasteiger partial charge in [0.2, 0.25) is 0 Å². The molecule has 3 N–H and O–H groups in total.